The minimum absolute atomic E-state index is 0.116. The van der Waals surface area contributed by atoms with E-state index in [1.165, 1.54) is 11.3 Å². The fourth-order valence-corrected chi connectivity index (χ4v) is 5.48. The van der Waals surface area contributed by atoms with Gasteiger partial charge < -0.3 is 25.0 Å². The van der Waals surface area contributed by atoms with E-state index in [0.29, 0.717) is 22.9 Å². The van der Waals surface area contributed by atoms with Gasteiger partial charge in [-0.3, -0.25) is 18.6 Å². The highest BCUT2D eigenvalue weighted by atomic mass is 32.2. The standard InChI is InChI=1S/C27H33N3O6S/c1-18-7-6-10-22(19(18)2)30(14-25(31)28-20-8-4-3-5-9-20)27(33)16-37(34)15-26(32)29-21-11-12-23-24(13-21)36-17-35-23/h6-7,10-13,20H,3-5,8-9,14-17H2,1-2H3,(H,28,31)(H,29,32). The molecule has 9 nitrogen and oxygen atoms in total. The van der Waals surface area contributed by atoms with Gasteiger partial charge in [-0.2, -0.15) is 0 Å². The molecule has 1 heterocycles. The average molecular weight is 528 g/mol. The maximum atomic E-state index is 13.3. The first kappa shape index (κ1) is 26.7. The molecule has 2 N–H and O–H groups in total. The second kappa shape index (κ2) is 12.2. The summed E-state index contributed by atoms with van der Waals surface area (Å²) in [6, 6.07) is 10.6. The minimum atomic E-state index is -1.77. The molecule has 2 aromatic rings. The normalized spacial score (nSPS) is 15.6. The van der Waals surface area contributed by atoms with E-state index < -0.39 is 22.6 Å². The fourth-order valence-electron chi connectivity index (χ4n) is 4.58. The fraction of sp³-hybridized carbons (Fsp3) is 0.444. The van der Waals surface area contributed by atoms with Crippen LogP contribution in [-0.2, 0) is 25.2 Å². The zero-order valence-corrected chi connectivity index (χ0v) is 22.0. The number of carbonyl (C=O) groups is 3. The van der Waals surface area contributed by atoms with E-state index in [1.807, 2.05) is 26.0 Å². The lowest BCUT2D eigenvalue weighted by molar-refractivity contribution is -0.123. The number of benzene rings is 2. The van der Waals surface area contributed by atoms with Crippen molar-refractivity contribution in [2.45, 2.75) is 52.0 Å². The van der Waals surface area contributed by atoms with E-state index in [-0.39, 0.29) is 36.8 Å². The summed E-state index contributed by atoms with van der Waals surface area (Å²) in [6.45, 7) is 3.77. The van der Waals surface area contributed by atoms with Gasteiger partial charge in [0.05, 0.1) is 0 Å². The maximum absolute atomic E-state index is 13.3. The van der Waals surface area contributed by atoms with Gasteiger partial charge in [0.25, 0.3) is 0 Å². The van der Waals surface area contributed by atoms with Crippen molar-refractivity contribution < 1.29 is 28.1 Å². The Hall–Kier alpha value is -3.40. The molecule has 4 rings (SSSR count). The number of amides is 3. The molecule has 0 spiro atoms. The van der Waals surface area contributed by atoms with Crippen LogP contribution in [0.1, 0.15) is 43.2 Å². The van der Waals surface area contributed by atoms with Gasteiger partial charge in [-0.05, 0) is 56.0 Å². The monoisotopic (exact) mass is 527 g/mol. The molecular formula is C27H33N3O6S. The third-order valence-electron chi connectivity index (χ3n) is 6.67. The molecule has 10 heteroatoms. The van der Waals surface area contributed by atoms with Gasteiger partial charge in [0.15, 0.2) is 11.5 Å². The van der Waals surface area contributed by atoms with Crippen LogP contribution in [0, 0.1) is 13.8 Å². The van der Waals surface area contributed by atoms with Crippen molar-refractivity contribution >= 4 is 39.9 Å². The number of aryl methyl sites for hydroxylation is 1. The highest BCUT2D eigenvalue weighted by Crippen LogP contribution is 2.34. The summed E-state index contributed by atoms with van der Waals surface area (Å²) in [5, 5.41) is 5.72. The molecule has 3 amide bonds. The number of hydrogen-bond donors (Lipinski definition) is 2. The van der Waals surface area contributed by atoms with Crippen molar-refractivity contribution in [3.05, 3.63) is 47.5 Å². The number of ether oxygens (including phenoxy) is 2. The van der Waals surface area contributed by atoms with Crippen LogP contribution in [-0.4, -0.2) is 52.8 Å². The molecule has 1 saturated carbocycles. The SMILES string of the molecule is Cc1cccc(N(CC(=O)NC2CCCCC2)C(=O)CS(=O)CC(=O)Nc2ccc3c(c2)OCO3)c1C. The molecule has 0 bridgehead atoms. The van der Waals surface area contributed by atoms with E-state index in [2.05, 4.69) is 10.6 Å². The van der Waals surface area contributed by atoms with Gasteiger partial charge in [-0.1, -0.05) is 31.4 Å². The predicted octanol–water partition coefficient (Wildman–Crippen LogP) is 3.20. The molecule has 1 aliphatic carbocycles. The lowest BCUT2D eigenvalue weighted by atomic mass is 9.95. The van der Waals surface area contributed by atoms with Crippen molar-refractivity contribution in [3.63, 3.8) is 0 Å². The van der Waals surface area contributed by atoms with Crippen molar-refractivity contribution in [1.82, 2.24) is 5.32 Å². The van der Waals surface area contributed by atoms with Gasteiger partial charge in [0.1, 0.15) is 18.1 Å². The Balaban J connectivity index is 1.39. The van der Waals surface area contributed by atoms with Gasteiger partial charge in [0.2, 0.25) is 24.5 Å². The summed E-state index contributed by atoms with van der Waals surface area (Å²) in [5.74, 6) is -0.822. The largest absolute Gasteiger partial charge is 0.454 e. The maximum Gasteiger partial charge on any atom is 0.240 e. The van der Waals surface area contributed by atoms with Crippen LogP contribution in [0.3, 0.4) is 0 Å². The Morgan fingerprint density at radius 3 is 2.51 bits per heavy atom. The number of anilines is 2. The number of nitrogens with zero attached hydrogens (tertiary/aromatic N) is 1. The van der Waals surface area contributed by atoms with Crippen LogP contribution in [0.2, 0.25) is 0 Å². The Kier molecular flexibility index (Phi) is 8.81. The average Bonchev–Trinajstić information content (AvgIpc) is 3.33. The third-order valence-corrected chi connectivity index (χ3v) is 7.83. The molecule has 1 fully saturated rings. The third kappa shape index (κ3) is 7.09. The van der Waals surface area contributed by atoms with Gasteiger partial charge in [0, 0.05) is 34.3 Å². The van der Waals surface area contributed by atoms with E-state index in [0.717, 1.165) is 36.8 Å². The summed E-state index contributed by atoms with van der Waals surface area (Å²) in [7, 11) is -1.77. The molecular weight excluding hydrogens is 494 g/mol. The Morgan fingerprint density at radius 2 is 1.73 bits per heavy atom. The smallest absolute Gasteiger partial charge is 0.240 e. The Bertz CT molecular complexity index is 1190. The molecule has 2 aliphatic rings. The second-order valence-electron chi connectivity index (χ2n) is 9.45. The number of rotatable bonds is 9. The quantitative estimate of drug-likeness (QED) is 0.518. The number of hydrogen-bond acceptors (Lipinski definition) is 6. The van der Waals surface area contributed by atoms with E-state index in [9.17, 15) is 18.6 Å². The Labute approximate surface area is 219 Å². The van der Waals surface area contributed by atoms with Crippen LogP contribution in [0.15, 0.2) is 36.4 Å². The summed E-state index contributed by atoms with van der Waals surface area (Å²) < 4.78 is 23.4. The second-order valence-corrected chi connectivity index (χ2v) is 10.9. The molecule has 0 aromatic heterocycles. The van der Waals surface area contributed by atoms with Gasteiger partial charge in [-0.25, -0.2) is 0 Å². The summed E-state index contributed by atoms with van der Waals surface area (Å²) in [5.41, 5.74) is 2.93. The van der Waals surface area contributed by atoms with Crippen molar-refractivity contribution in [2.24, 2.45) is 0 Å². The molecule has 37 heavy (non-hydrogen) atoms. The van der Waals surface area contributed by atoms with Gasteiger partial charge >= 0.3 is 0 Å². The zero-order valence-electron chi connectivity index (χ0n) is 21.2. The summed E-state index contributed by atoms with van der Waals surface area (Å²) >= 11 is 0. The first-order valence-electron chi connectivity index (χ1n) is 12.5. The van der Waals surface area contributed by atoms with Crippen molar-refractivity contribution in [2.75, 3.05) is 35.1 Å². The molecule has 0 radical (unpaired) electrons. The predicted molar refractivity (Wildman–Crippen MR) is 142 cm³/mol. The highest BCUT2D eigenvalue weighted by Gasteiger charge is 2.25. The van der Waals surface area contributed by atoms with Crippen LogP contribution in [0.25, 0.3) is 0 Å². The number of nitrogens with one attached hydrogen (secondary N) is 2. The summed E-state index contributed by atoms with van der Waals surface area (Å²) in [6.07, 6.45) is 5.21. The lowest BCUT2D eigenvalue weighted by Gasteiger charge is -2.27. The number of fused-ring (bicyclic) bond motifs is 1. The van der Waals surface area contributed by atoms with E-state index in [4.69, 9.17) is 9.47 Å². The molecule has 0 saturated heterocycles. The van der Waals surface area contributed by atoms with E-state index in [1.54, 1.807) is 24.3 Å². The Morgan fingerprint density at radius 1 is 0.973 bits per heavy atom. The van der Waals surface area contributed by atoms with Crippen LogP contribution >= 0.6 is 0 Å². The first-order chi connectivity index (χ1) is 17.8. The molecule has 1 aliphatic heterocycles. The molecule has 1 unspecified atom stereocenters. The minimum Gasteiger partial charge on any atom is -0.454 e. The number of carbonyl (C=O) groups excluding carboxylic acids is 3. The highest BCUT2D eigenvalue weighted by molar-refractivity contribution is 7.86. The lowest BCUT2D eigenvalue weighted by Crippen LogP contribution is -2.46. The van der Waals surface area contributed by atoms with Crippen molar-refractivity contribution in [3.8, 4) is 11.5 Å². The van der Waals surface area contributed by atoms with Crippen molar-refractivity contribution in [1.29, 1.82) is 0 Å². The zero-order chi connectivity index (χ0) is 26.4. The van der Waals surface area contributed by atoms with Crippen LogP contribution in [0.5, 0.6) is 11.5 Å². The molecule has 1 atom stereocenters. The summed E-state index contributed by atoms with van der Waals surface area (Å²) in [4.78, 5) is 40.0. The van der Waals surface area contributed by atoms with Crippen LogP contribution in [0.4, 0.5) is 11.4 Å². The molecule has 2 aromatic carbocycles. The topological polar surface area (TPSA) is 114 Å². The molecule has 198 valence electrons. The van der Waals surface area contributed by atoms with Crippen LogP contribution < -0.4 is 25.0 Å². The first-order valence-corrected chi connectivity index (χ1v) is 14.0. The van der Waals surface area contributed by atoms with E-state index >= 15 is 0 Å². The van der Waals surface area contributed by atoms with Gasteiger partial charge in [-0.15, -0.1) is 0 Å².